The Hall–Kier alpha value is -1.81. The summed E-state index contributed by atoms with van der Waals surface area (Å²) < 4.78 is 0. The second-order valence-corrected chi connectivity index (χ2v) is 6.81. The monoisotopic (exact) mass is 376 g/mol. The summed E-state index contributed by atoms with van der Waals surface area (Å²) in [6.45, 7) is 3.73. The molecule has 0 heterocycles. The number of thioether (sulfide) groups is 1. The van der Waals surface area contributed by atoms with Crippen LogP contribution in [-0.4, -0.2) is 58.9 Å². The lowest BCUT2D eigenvalue weighted by atomic mass is 9.99. The SMILES string of the molecule is CC[C@H](C)[C@H](N)C(=O)N[C@@H](CCSC)C(=O)N[C@@H](CC(N)=O)C(=O)O. The van der Waals surface area contributed by atoms with Crippen molar-refractivity contribution in [3.63, 3.8) is 0 Å². The maximum Gasteiger partial charge on any atom is 0.326 e. The summed E-state index contributed by atoms with van der Waals surface area (Å²) in [4.78, 5) is 46.6. The Labute approximate surface area is 151 Å². The standard InChI is InChI=1S/C15H28N4O5S/c1-4-8(2)12(17)14(22)18-9(5-6-25-3)13(21)19-10(15(23)24)7-11(16)20/h8-10,12H,4-7,17H2,1-3H3,(H2,16,20)(H,18,22)(H,19,21)(H,23,24)/t8-,9-,10-,12-/m0/s1. The van der Waals surface area contributed by atoms with Crippen LogP contribution >= 0.6 is 11.8 Å². The molecule has 4 atom stereocenters. The molecule has 0 aliphatic heterocycles. The number of nitrogens with two attached hydrogens (primary N) is 2. The van der Waals surface area contributed by atoms with E-state index < -0.39 is 48.2 Å². The molecule has 0 aliphatic rings. The fraction of sp³-hybridized carbons (Fsp3) is 0.733. The zero-order chi connectivity index (χ0) is 19.6. The molecule has 0 bridgehead atoms. The second-order valence-electron chi connectivity index (χ2n) is 5.82. The van der Waals surface area contributed by atoms with E-state index in [1.54, 1.807) is 0 Å². The number of carboxylic acids is 1. The largest absolute Gasteiger partial charge is 0.480 e. The number of amides is 3. The predicted octanol–water partition coefficient (Wildman–Crippen LogP) is -0.957. The van der Waals surface area contributed by atoms with Gasteiger partial charge in [0.1, 0.15) is 12.1 Å². The fourth-order valence-corrected chi connectivity index (χ4v) is 2.43. The predicted molar refractivity (Wildman–Crippen MR) is 95.7 cm³/mol. The lowest BCUT2D eigenvalue weighted by Crippen LogP contribution is -2.56. The van der Waals surface area contributed by atoms with Crippen molar-refractivity contribution >= 4 is 35.5 Å². The summed E-state index contributed by atoms with van der Waals surface area (Å²) in [5.41, 5.74) is 10.8. The molecular weight excluding hydrogens is 348 g/mol. The van der Waals surface area contributed by atoms with E-state index in [1.807, 2.05) is 20.1 Å². The summed E-state index contributed by atoms with van der Waals surface area (Å²) in [6, 6.07) is -3.15. The van der Waals surface area contributed by atoms with Crippen molar-refractivity contribution in [2.75, 3.05) is 12.0 Å². The minimum atomic E-state index is -1.44. The summed E-state index contributed by atoms with van der Waals surface area (Å²) in [6.07, 6.45) is 2.32. The molecule has 7 N–H and O–H groups in total. The van der Waals surface area contributed by atoms with Gasteiger partial charge in [-0.1, -0.05) is 20.3 Å². The van der Waals surface area contributed by atoms with Crippen molar-refractivity contribution in [3.05, 3.63) is 0 Å². The molecule has 0 aliphatic carbocycles. The molecule has 0 radical (unpaired) electrons. The highest BCUT2D eigenvalue weighted by atomic mass is 32.2. The third kappa shape index (κ3) is 8.73. The fourth-order valence-electron chi connectivity index (χ4n) is 1.96. The van der Waals surface area contributed by atoms with Crippen LogP contribution in [0.4, 0.5) is 0 Å². The van der Waals surface area contributed by atoms with Gasteiger partial charge in [0, 0.05) is 0 Å². The number of carboxylic acid groups (broad SMARTS) is 1. The Morgan fingerprint density at radius 1 is 1.12 bits per heavy atom. The topological polar surface area (TPSA) is 165 Å². The average molecular weight is 376 g/mol. The first kappa shape index (κ1) is 23.2. The molecule has 9 nitrogen and oxygen atoms in total. The van der Waals surface area contributed by atoms with Gasteiger partial charge in [0.05, 0.1) is 12.5 Å². The molecule has 0 unspecified atom stereocenters. The zero-order valence-electron chi connectivity index (χ0n) is 14.8. The van der Waals surface area contributed by atoms with Gasteiger partial charge in [-0.3, -0.25) is 14.4 Å². The van der Waals surface area contributed by atoms with Gasteiger partial charge in [0.25, 0.3) is 0 Å². The van der Waals surface area contributed by atoms with Crippen molar-refractivity contribution in [1.82, 2.24) is 10.6 Å². The van der Waals surface area contributed by atoms with E-state index in [0.29, 0.717) is 18.6 Å². The molecule has 0 aromatic carbocycles. The van der Waals surface area contributed by atoms with Gasteiger partial charge in [0.15, 0.2) is 0 Å². The van der Waals surface area contributed by atoms with E-state index in [4.69, 9.17) is 16.6 Å². The van der Waals surface area contributed by atoms with Crippen molar-refractivity contribution in [3.8, 4) is 0 Å². The van der Waals surface area contributed by atoms with Crippen LogP contribution in [0.2, 0.25) is 0 Å². The maximum absolute atomic E-state index is 12.4. The zero-order valence-corrected chi connectivity index (χ0v) is 15.6. The van der Waals surface area contributed by atoms with Crippen molar-refractivity contribution in [2.24, 2.45) is 17.4 Å². The molecule has 0 spiro atoms. The van der Waals surface area contributed by atoms with Crippen molar-refractivity contribution < 1.29 is 24.3 Å². The van der Waals surface area contributed by atoms with Crippen molar-refractivity contribution in [1.29, 1.82) is 0 Å². The molecule has 3 amide bonds. The Kier molecular flexibility index (Phi) is 10.8. The lowest BCUT2D eigenvalue weighted by molar-refractivity contribution is -0.143. The molecule has 0 aromatic rings. The maximum atomic E-state index is 12.4. The van der Waals surface area contributed by atoms with E-state index in [-0.39, 0.29) is 5.92 Å². The third-order valence-electron chi connectivity index (χ3n) is 3.82. The van der Waals surface area contributed by atoms with E-state index in [2.05, 4.69) is 10.6 Å². The van der Waals surface area contributed by atoms with Crippen LogP contribution in [-0.2, 0) is 19.2 Å². The molecule has 144 valence electrons. The number of hydrogen-bond donors (Lipinski definition) is 5. The number of hydrogen-bond acceptors (Lipinski definition) is 6. The quantitative estimate of drug-likeness (QED) is 0.293. The van der Waals surface area contributed by atoms with E-state index in [0.717, 1.165) is 0 Å². The number of primary amides is 1. The van der Waals surface area contributed by atoms with Crippen LogP contribution in [0.1, 0.15) is 33.1 Å². The van der Waals surface area contributed by atoms with Gasteiger partial charge in [0.2, 0.25) is 17.7 Å². The molecule has 0 fully saturated rings. The summed E-state index contributed by atoms with van der Waals surface area (Å²) >= 11 is 1.48. The number of carbonyl (C=O) groups excluding carboxylic acids is 3. The van der Waals surface area contributed by atoms with Crippen molar-refractivity contribution in [2.45, 2.75) is 51.2 Å². The number of aliphatic carboxylic acids is 1. The second kappa shape index (κ2) is 11.7. The van der Waals surface area contributed by atoms with Gasteiger partial charge in [-0.05, 0) is 24.3 Å². The summed E-state index contributed by atoms with van der Waals surface area (Å²) in [7, 11) is 0. The Balaban J connectivity index is 5.04. The van der Waals surface area contributed by atoms with E-state index in [9.17, 15) is 19.2 Å². The van der Waals surface area contributed by atoms with Gasteiger partial charge >= 0.3 is 5.97 Å². The molecule has 0 aromatic heterocycles. The van der Waals surface area contributed by atoms with Crippen LogP contribution in [0.5, 0.6) is 0 Å². The first-order chi connectivity index (χ1) is 11.6. The highest BCUT2D eigenvalue weighted by molar-refractivity contribution is 7.98. The molecule has 0 rings (SSSR count). The van der Waals surface area contributed by atoms with Gasteiger partial charge < -0.3 is 27.2 Å². The summed E-state index contributed by atoms with van der Waals surface area (Å²) in [5, 5.41) is 13.9. The average Bonchev–Trinajstić information content (AvgIpc) is 2.55. The molecule has 0 saturated heterocycles. The van der Waals surface area contributed by atoms with Crippen LogP contribution in [0, 0.1) is 5.92 Å². The minimum Gasteiger partial charge on any atom is -0.480 e. The lowest BCUT2D eigenvalue weighted by Gasteiger charge is -2.24. The smallest absolute Gasteiger partial charge is 0.326 e. The van der Waals surface area contributed by atoms with E-state index in [1.165, 1.54) is 11.8 Å². The normalized spacial score (nSPS) is 15.5. The van der Waals surface area contributed by atoms with Crippen LogP contribution in [0.3, 0.4) is 0 Å². The van der Waals surface area contributed by atoms with Crippen LogP contribution in [0.15, 0.2) is 0 Å². The first-order valence-corrected chi connectivity index (χ1v) is 9.39. The molecular formula is C15H28N4O5S. The Morgan fingerprint density at radius 3 is 2.12 bits per heavy atom. The molecule has 10 heteroatoms. The van der Waals surface area contributed by atoms with Gasteiger partial charge in [-0.2, -0.15) is 11.8 Å². The summed E-state index contributed by atoms with van der Waals surface area (Å²) in [5.74, 6) is -2.88. The van der Waals surface area contributed by atoms with Crippen LogP contribution in [0.25, 0.3) is 0 Å². The van der Waals surface area contributed by atoms with E-state index >= 15 is 0 Å². The Morgan fingerprint density at radius 2 is 1.68 bits per heavy atom. The highest BCUT2D eigenvalue weighted by Crippen LogP contribution is 2.07. The highest BCUT2D eigenvalue weighted by Gasteiger charge is 2.29. The number of nitrogens with one attached hydrogen (secondary N) is 2. The third-order valence-corrected chi connectivity index (χ3v) is 4.47. The minimum absolute atomic E-state index is 0.0640. The number of rotatable bonds is 12. The Bertz CT molecular complexity index is 489. The molecule has 25 heavy (non-hydrogen) atoms. The van der Waals surface area contributed by atoms with Gasteiger partial charge in [-0.25, -0.2) is 4.79 Å². The molecule has 0 saturated carbocycles. The van der Waals surface area contributed by atoms with Gasteiger partial charge in [-0.15, -0.1) is 0 Å². The van der Waals surface area contributed by atoms with Crippen LogP contribution < -0.4 is 22.1 Å². The first-order valence-electron chi connectivity index (χ1n) is 8.00. The number of carbonyl (C=O) groups is 4.